The number of pyridine rings is 1. The average Bonchev–Trinajstić information content (AvgIpc) is 2.96. The fraction of sp³-hybridized carbons (Fsp3) is 0.412. The first-order valence-corrected chi connectivity index (χ1v) is 8.16. The Morgan fingerprint density at radius 1 is 1.42 bits per heavy atom. The molecule has 0 fully saturated rings. The first kappa shape index (κ1) is 16.2. The molecule has 126 valence electrons. The second-order valence-corrected chi connectivity index (χ2v) is 5.62. The smallest absolute Gasteiger partial charge is 0.338 e. The van der Waals surface area contributed by atoms with Crippen molar-refractivity contribution in [3.05, 3.63) is 47.2 Å². The number of carbonyl (C=O) groups is 1. The number of esters is 1. The summed E-state index contributed by atoms with van der Waals surface area (Å²) >= 11 is 0. The zero-order valence-corrected chi connectivity index (χ0v) is 14.1. The Morgan fingerprint density at radius 2 is 2.25 bits per heavy atom. The highest BCUT2D eigenvalue weighted by molar-refractivity contribution is 5.92. The Kier molecular flexibility index (Phi) is 4.59. The molecule has 7 nitrogen and oxygen atoms in total. The van der Waals surface area contributed by atoms with Crippen molar-refractivity contribution in [3.63, 3.8) is 0 Å². The second-order valence-electron chi connectivity index (χ2n) is 5.62. The lowest BCUT2D eigenvalue weighted by Crippen LogP contribution is -2.29. The maximum atomic E-state index is 12.5. The van der Waals surface area contributed by atoms with E-state index >= 15 is 0 Å². The van der Waals surface area contributed by atoms with Gasteiger partial charge in [0.05, 0.1) is 12.2 Å². The minimum Gasteiger partial charge on any atom is -0.463 e. The summed E-state index contributed by atoms with van der Waals surface area (Å²) in [5.74, 6) is 1.04. The van der Waals surface area contributed by atoms with Crippen molar-refractivity contribution in [2.45, 2.75) is 39.7 Å². The van der Waals surface area contributed by atoms with E-state index in [1.165, 1.54) is 0 Å². The van der Waals surface area contributed by atoms with E-state index in [0.29, 0.717) is 18.1 Å². The van der Waals surface area contributed by atoms with Crippen LogP contribution in [0, 0.1) is 0 Å². The Balaban J connectivity index is 2.12. The largest absolute Gasteiger partial charge is 0.463 e. The Hall–Kier alpha value is -2.70. The van der Waals surface area contributed by atoms with Crippen LogP contribution >= 0.6 is 0 Å². The van der Waals surface area contributed by atoms with Crippen LogP contribution < -0.4 is 5.32 Å². The molecule has 1 aliphatic rings. The van der Waals surface area contributed by atoms with Gasteiger partial charge in [-0.1, -0.05) is 13.0 Å². The van der Waals surface area contributed by atoms with Crippen LogP contribution in [0.25, 0.3) is 0 Å². The number of nitrogens with one attached hydrogen (secondary N) is 1. The third-order valence-electron chi connectivity index (χ3n) is 3.87. The van der Waals surface area contributed by atoms with Crippen LogP contribution in [0.3, 0.4) is 0 Å². The lowest BCUT2D eigenvalue weighted by atomic mass is 9.97. The van der Waals surface area contributed by atoms with Crippen molar-refractivity contribution in [1.29, 1.82) is 0 Å². The van der Waals surface area contributed by atoms with Gasteiger partial charge in [0.2, 0.25) is 5.95 Å². The lowest BCUT2D eigenvalue weighted by molar-refractivity contribution is -0.139. The molecule has 0 aliphatic carbocycles. The van der Waals surface area contributed by atoms with Gasteiger partial charge in [-0.15, -0.1) is 0 Å². The van der Waals surface area contributed by atoms with Crippen LogP contribution in [0.5, 0.6) is 0 Å². The molecule has 0 amide bonds. The second kappa shape index (κ2) is 6.82. The van der Waals surface area contributed by atoms with Crippen molar-refractivity contribution in [3.8, 4) is 0 Å². The number of hydrogen-bond donors (Lipinski definition) is 1. The molecule has 2 aromatic rings. The number of carbonyl (C=O) groups excluding carboxylic acids is 1. The fourth-order valence-electron chi connectivity index (χ4n) is 2.84. The first-order chi connectivity index (χ1) is 11.7. The normalized spacial score (nSPS) is 16.5. The molecular weight excluding hydrogens is 306 g/mol. The maximum absolute atomic E-state index is 12.5. The summed E-state index contributed by atoms with van der Waals surface area (Å²) < 4.78 is 7.01. The van der Waals surface area contributed by atoms with E-state index in [0.717, 1.165) is 29.9 Å². The highest BCUT2D eigenvalue weighted by atomic mass is 16.5. The monoisotopic (exact) mass is 327 g/mol. The summed E-state index contributed by atoms with van der Waals surface area (Å²) in [6.07, 6.45) is 5.19. The van der Waals surface area contributed by atoms with Gasteiger partial charge in [0.15, 0.2) is 5.82 Å². The van der Waals surface area contributed by atoms with E-state index in [4.69, 9.17) is 4.74 Å². The fourth-order valence-corrected chi connectivity index (χ4v) is 2.84. The van der Waals surface area contributed by atoms with Gasteiger partial charge in [-0.05, 0) is 31.9 Å². The van der Waals surface area contributed by atoms with Crippen molar-refractivity contribution < 1.29 is 9.53 Å². The zero-order chi connectivity index (χ0) is 17.1. The number of anilines is 1. The molecule has 0 saturated carbocycles. The van der Waals surface area contributed by atoms with E-state index in [1.54, 1.807) is 24.0 Å². The van der Waals surface area contributed by atoms with Crippen LogP contribution in [0.1, 0.15) is 44.6 Å². The Labute approximate surface area is 140 Å². The molecule has 3 rings (SSSR count). The first-order valence-electron chi connectivity index (χ1n) is 8.16. The van der Waals surface area contributed by atoms with Gasteiger partial charge in [-0.25, -0.2) is 9.48 Å². The molecule has 0 radical (unpaired) electrons. The zero-order valence-electron chi connectivity index (χ0n) is 14.1. The summed E-state index contributed by atoms with van der Waals surface area (Å²) in [6.45, 7) is 6.05. The van der Waals surface area contributed by atoms with E-state index in [-0.39, 0.29) is 5.97 Å². The molecule has 0 unspecified atom stereocenters. The molecule has 1 aliphatic heterocycles. The predicted molar refractivity (Wildman–Crippen MR) is 89.3 cm³/mol. The average molecular weight is 327 g/mol. The van der Waals surface area contributed by atoms with E-state index in [9.17, 15) is 4.79 Å². The molecular formula is C17H21N5O2. The van der Waals surface area contributed by atoms with Crippen LogP contribution in [-0.2, 0) is 16.0 Å². The quantitative estimate of drug-likeness (QED) is 0.850. The van der Waals surface area contributed by atoms with Crippen LogP contribution in [0.4, 0.5) is 5.95 Å². The van der Waals surface area contributed by atoms with Gasteiger partial charge >= 0.3 is 5.97 Å². The molecule has 24 heavy (non-hydrogen) atoms. The van der Waals surface area contributed by atoms with E-state index in [1.807, 2.05) is 19.1 Å². The summed E-state index contributed by atoms with van der Waals surface area (Å²) in [4.78, 5) is 21.3. The maximum Gasteiger partial charge on any atom is 0.338 e. The minimum absolute atomic E-state index is 0.320. The Bertz CT molecular complexity index is 767. The highest BCUT2D eigenvalue weighted by Gasteiger charge is 2.35. The minimum atomic E-state index is -0.396. The van der Waals surface area contributed by atoms with Gasteiger partial charge in [0.25, 0.3) is 0 Å². The molecule has 3 heterocycles. The van der Waals surface area contributed by atoms with Crippen molar-refractivity contribution in [1.82, 2.24) is 19.7 Å². The number of hydrogen-bond acceptors (Lipinski definition) is 6. The Morgan fingerprint density at radius 3 is 2.92 bits per heavy atom. The third kappa shape index (κ3) is 2.89. The van der Waals surface area contributed by atoms with E-state index in [2.05, 4.69) is 27.3 Å². The number of ether oxygens (including phenoxy) is 1. The number of rotatable bonds is 5. The summed E-state index contributed by atoms with van der Waals surface area (Å²) in [5, 5.41) is 7.77. The molecule has 1 N–H and O–H groups in total. The molecule has 0 saturated heterocycles. The standard InChI is InChI=1S/C17H21N5O2/c1-4-7-13-20-17-19-11(3)14(16(23)24-5-2)15(22(17)21-13)12-8-6-9-18-10-12/h6,8-10,15H,4-5,7H2,1-3H3,(H,19,20,21)/t15-/m1/s1. The van der Waals surface area contributed by atoms with Gasteiger partial charge in [-0.2, -0.15) is 10.1 Å². The van der Waals surface area contributed by atoms with Crippen molar-refractivity contribution in [2.24, 2.45) is 0 Å². The van der Waals surface area contributed by atoms with Crippen LogP contribution in [0.15, 0.2) is 35.8 Å². The summed E-state index contributed by atoms with van der Waals surface area (Å²) in [7, 11) is 0. The molecule has 0 aromatic carbocycles. The number of aromatic nitrogens is 4. The third-order valence-corrected chi connectivity index (χ3v) is 3.87. The van der Waals surface area contributed by atoms with Gasteiger partial charge < -0.3 is 10.1 Å². The molecule has 0 spiro atoms. The molecule has 0 bridgehead atoms. The van der Waals surface area contributed by atoms with Gasteiger partial charge in [0, 0.05) is 24.5 Å². The number of nitrogens with zero attached hydrogens (tertiary/aromatic N) is 4. The van der Waals surface area contributed by atoms with Crippen LogP contribution in [0.2, 0.25) is 0 Å². The molecule has 1 atom stereocenters. The topological polar surface area (TPSA) is 81.9 Å². The summed E-state index contributed by atoms with van der Waals surface area (Å²) in [6, 6.07) is 3.38. The molecule has 2 aromatic heterocycles. The summed E-state index contributed by atoms with van der Waals surface area (Å²) in [5.41, 5.74) is 2.13. The van der Waals surface area contributed by atoms with Crippen molar-refractivity contribution >= 4 is 11.9 Å². The van der Waals surface area contributed by atoms with Gasteiger partial charge in [-0.3, -0.25) is 4.98 Å². The highest BCUT2D eigenvalue weighted by Crippen LogP contribution is 2.35. The number of aryl methyl sites for hydroxylation is 1. The predicted octanol–water partition coefficient (Wildman–Crippen LogP) is 2.48. The SMILES string of the molecule is CCCc1nc2n(n1)[C@H](c1cccnc1)C(C(=O)OCC)=C(C)N2. The number of fused-ring (bicyclic) bond motifs is 1. The van der Waals surface area contributed by atoms with Crippen molar-refractivity contribution in [2.75, 3.05) is 11.9 Å². The van der Waals surface area contributed by atoms with Crippen LogP contribution in [-0.4, -0.2) is 32.3 Å². The number of allylic oxidation sites excluding steroid dienone is 1. The van der Waals surface area contributed by atoms with E-state index < -0.39 is 6.04 Å². The van der Waals surface area contributed by atoms with Gasteiger partial charge in [0.1, 0.15) is 6.04 Å². The molecule has 7 heteroatoms. The lowest BCUT2D eigenvalue weighted by Gasteiger charge is -2.27.